The second-order valence-electron chi connectivity index (χ2n) is 4.96. The quantitative estimate of drug-likeness (QED) is 0.846. The van der Waals surface area contributed by atoms with Gasteiger partial charge >= 0.3 is 0 Å². The Morgan fingerprint density at radius 2 is 2.29 bits per heavy atom. The summed E-state index contributed by atoms with van der Waals surface area (Å²) in [6, 6.07) is 0.523. The van der Waals surface area contributed by atoms with E-state index in [1.165, 1.54) is 18.5 Å². The highest BCUT2D eigenvalue weighted by Gasteiger charge is 2.23. The van der Waals surface area contributed by atoms with Gasteiger partial charge in [-0.05, 0) is 33.1 Å². The molecule has 2 N–H and O–H groups in total. The fourth-order valence-electron chi connectivity index (χ4n) is 2.50. The zero-order chi connectivity index (χ0) is 12.3. The second kappa shape index (κ2) is 5.54. The van der Waals surface area contributed by atoms with Gasteiger partial charge in [-0.1, -0.05) is 13.3 Å². The molecular weight excluding hydrogens is 214 g/mol. The maximum atomic E-state index is 5.76. The third-order valence-corrected chi connectivity index (χ3v) is 3.45. The van der Waals surface area contributed by atoms with Crippen LogP contribution in [0.1, 0.15) is 44.0 Å². The number of aromatic nitrogens is 2. The van der Waals surface area contributed by atoms with E-state index in [0.717, 1.165) is 30.8 Å². The lowest BCUT2D eigenvalue weighted by Gasteiger charge is -2.30. The molecule has 0 radical (unpaired) electrons. The molecule has 0 aliphatic carbocycles. The van der Waals surface area contributed by atoms with Gasteiger partial charge in [-0.2, -0.15) is 5.10 Å². The Hall–Kier alpha value is -1.03. The average molecular weight is 237 g/mol. The van der Waals surface area contributed by atoms with E-state index < -0.39 is 0 Å². The van der Waals surface area contributed by atoms with Gasteiger partial charge in [0.2, 0.25) is 0 Å². The fraction of sp³-hybridized carbons (Fsp3) is 0.769. The van der Waals surface area contributed by atoms with Crippen LogP contribution in [0.15, 0.2) is 0 Å². The Kier molecular flexibility index (Phi) is 4.05. The smallest absolute Gasteiger partial charge is 0.0825 e. The summed E-state index contributed by atoms with van der Waals surface area (Å²) in [6.07, 6.45) is 4.99. The summed E-state index contributed by atoms with van der Waals surface area (Å²) in [5.74, 6) is 0. The first-order chi connectivity index (χ1) is 8.20. The predicted octanol–water partition coefficient (Wildman–Crippen LogP) is 2.79. The van der Waals surface area contributed by atoms with E-state index in [1.807, 2.05) is 6.92 Å². The van der Waals surface area contributed by atoms with Crippen LogP contribution in [0.5, 0.6) is 0 Å². The largest absolute Gasteiger partial charge is 0.379 e. The van der Waals surface area contributed by atoms with E-state index in [0.29, 0.717) is 12.1 Å². The zero-order valence-corrected chi connectivity index (χ0v) is 11.0. The van der Waals surface area contributed by atoms with Gasteiger partial charge in [-0.25, -0.2) is 0 Å². The molecule has 0 amide bonds. The molecule has 2 atom stereocenters. The van der Waals surface area contributed by atoms with Gasteiger partial charge in [-0.15, -0.1) is 0 Å². The lowest BCUT2D eigenvalue weighted by atomic mass is 10.00. The molecule has 2 rings (SSSR count). The lowest BCUT2D eigenvalue weighted by Crippen LogP contribution is -2.34. The summed E-state index contributed by atoms with van der Waals surface area (Å²) in [4.78, 5) is 0. The van der Waals surface area contributed by atoms with Gasteiger partial charge in [0.05, 0.1) is 23.2 Å². The van der Waals surface area contributed by atoms with Crippen molar-refractivity contribution in [2.24, 2.45) is 0 Å². The van der Waals surface area contributed by atoms with Crippen LogP contribution in [-0.2, 0) is 4.74 Å². The van der Waals surface area contributed by atoms with Gasteiger partial charge in [0.1, 0.15) is 0 Å². The number of rotatable bonds is 4. The van der Waals surface area contributed by atoms with Gasteiger partial charge in [0.25, 0.3) is 0 Å². The molecular formula is C13H23N3O. The van der Waals surface area contributed by atoms with Crippen molar-refractivity contribution in [3.63, 3.8) is 0 Å². The summed E-state index contributed by atoms with van der Waals surface area (Å²) < 4.78 is 5.76. The molecule has 96 valence electrons. The Morgan fingerprint density at radius 3 is 2.94 bits per heavy atom. The van der Waals surface area contributed by atoms with E-state index in [1.54, 1.807) is 0 Å². The summed E-state index contributed by atoms with van der Waals surface area (Å²) in [7, 11) is 0. The van der Waals surface area contributed by atoms with Gasteiger partial charge < -0.3 is 10.1 Å². The number of hydrogen-bond acceptors (Lipinski definition) is 3. The number of H-pyrrole nitrogens is 1. The fourth-order valence-corrected chi connectivity index (χ4v) is 2.50. The van der Waals surface area contributed by atoms with Crippen molar-refractivity contribution in [3.8, 4) is 0 Å². The molecule has 1 aliphatic heterocycles. The standard InChI is InChI=1S/C13H23N3O/c1-4-5-12-8-11(6-7-17-12)14-13-9(2)15-16-10(13)3/h11-12,14H,4-8H2,1-3H3,(H,15,16). The topological polar surface area (TPSA) is 49.9 Å². The summed E-state index contributed by atoms with van der Waals surface area (Å²) in [5, 5.41) is 10.8. The van der Waals surface area contributed by atoms with Gasteiger partial charge in [0, 0.05) is 12.6 Å². The van der Waals surface area contributed by atoms with Crippen LogP contribution < -0.4 is 5.32 Å². The van der Waals surface area contributed by atoms with Gasteiger partial charge in [-0.3, -0.25) is 5.10 Å². The number of aryl methyl sites for hydroxylation is 2. The van der Waals surface area contributed by atoms with E-state index in [4.69, 9.17) is 4.74 Å². The minimum absolute atomic E-state index is 0.429. The van der Waals surface area contributed by atoms with Gasteiger partial charge in [0.15, 0.2) is 0 Å². The van der Waals surface area contributed by atoms with Crippen molar-refractivity contribution in [2.45, 2.75) is 58.6 Å². The molecule has 0 saturated carbocycles. The molecule has 1 aliphatic rings. The minimum atomic E-state index is 0.429. The summed E-state index contributed by atoms with van der Waals surface area (Å²) in [5.41, 5.74) is 3.36. The molecule has 2 heterocycles. The molecule has 0 aromatic carbocycles. The Bertz CT molecular complexity index is 340. The molecule has 1 aromatic heterocycles. The van der Waals surface area contributed by atoms with Crippen molar-refractivity contribution < 1.29 is 4.74 Å². The van der Waals surface area contributed by atoms with Crippen LogP contribution in [0, 0.1) is 13.8 Å². The van der Waals surface area contributed by atoms with Crippen molar-refractivity contribution in [1.29, 1.82) is 0 Å². The Morgan fingerprint density at radius 1 is 1.47 bits per heavy atom. The Balaban J connectivity index is 1.94. The Labute approximate surface area is 103 Å². The molecule has 2 unspecified atom stereocenters. The van der Waals surface area contributed by atoms with Crippen LogP contribution in [0.4, 0.5) is 5.69 Å². The maximum Gasteiger partial charge on any atom is 0.0825 e. The van der Waals surface area contributed by atoms with Crippen molar-refractivity contribution >= 4 is 5.69 Å². The zero-order valence-electron chi connectivity index (χ0n) is 11.0. The number of aromatic amines is 1. The number of ether oxygens (including phenoxy) is 1. The second-order valence-corrected chi connectivity index (χ2v) is 4.96. The lowest BCUT2D eigenvalue weighted by molar-refractivity contribution is 0.00596. The number of nitrogens with one attached hydrogen (secondary N) is 2. The highest BCUT2D eigenvalue weighted by Crippen LogP contribution is 2.24. The van der Waals surface area contributed by atoms with Crippen molar-refractivity contribution in [2.75, 3.05) is 11.9 Å². The maximum absolute atomic E-state index is 5.76. The predicted molar refractivity (Wildman–Crippen MR) is 69.4 cm³/mol. The molecule has 0 spiro atoms. The van der Waals surface area contributed by atoms with Crippen LogP contribution in [-0.4, -0.2) is 29.0 Å². The highest BCUT2D eigenvalue weighted by atomic mass is 16.5. The molecule has 17 heavy (non-hydrogen) atoms. The molecule has 4 nitrogen and oxygen atoms in total. The number of nitrogens with zero attached hydrogens (tertiary/aromatic N) is 1. The monoisotopic (exact) mass is 237 g/mol. The summed E-state index contributed by atoms with van der Waals surface area (Å²) >= 11 is 0. The first kappa shape index (κ1) is 12.4. The third kappa shape index (κ3) is 3.00. The minimum Gasteiger partial charge on any atom is -0.379 e. The summed E-state index contributed by atoms with van der Waals surface area (Å²) in [6.45, 7) is 7.18. The first-order valence-electron chi connectivity index (χ1n) is 6.60. The van der Waals surface area contributed by atoms with Crippen molar-refractivity contribution in [1.82, 2.24) is 10.2 Å². The van der Waals surface area contributed by atoms with E-state index in [-0.39, 0.29) is 0 Å². The van der Waals surface area contributed by atoms with E-state index in [2.05, 4.69) is 29.4 Å². The average Bonchev–Trinajstić information content (AvgIpc) is 2.62. The van der Waals surface area contributed by atoms with Crippen LogP contribution >= 0.6 is 0 Å². The van der Waals surface area contributed by atoms with E-state index >= 15 is 0 Å². The highest BCUT2D eigenvalue weighted by molar-refractivity contribution is 5.52. The first-order valence-corrected chi connectivity index (χ1v) is 6.60. The molecule has 4 heteroatoms. The SMILES string of the molecule is CCCC1CC(Nc2c(C)n[nH]c2C)CCO1. The number of hydrogen-bond donors (Lipinski definition) is 2. The van der Waals surface area contributed by atoms with Crippen molar-refractivity contribution in [3.05, 3.63) is 11.4 Å². The molecule has 1 fully saturated rings. The number of anilines is 1. The normalized spacial score (nSPS) is 24.9. The third-order valence-electron chi connectivity index (χ3n) is 3.45. The van der Waals surface area contributed by atoms with Crippen LogP contribution in [0.25, 0.3) is 0 Å². The molecule has 1 aromatic rings. The van der Waals surface area contributed by atoms with Crippen LogP contribution in [0.3, 0.4) is 0 Å². The molecule has 0 bridgehead atoms. The molecule has 1 saturated heterocycles. The van der Waals surface area contributed by atoms with Crippen LogP contribution in [0.2, 0.25) is 0 Å². The van der Waals surface area contributed by atoms with E-state index in [9.17, 15) is 0 Å².